The van der Waals surface area contributed by atoms with Crippen LogP contribution in [0.3, 0.4) is 0 Å². The van der Waals surface area contributed by atoms with Gasteiger partial charge in [-0.2, -0.15) is 0 Å². The Bertz CT molecular complexity index is 1670. The van der Waals surface area contributed by atoms with Gasteiger partial charge in [0.05, 0.1) is 0 Å². The average molecular weight is 660 g/mol. The van der Waals surface area contributed by atoms with Crippen molar-refractivity contribution in [2.24, 2.45) is 0 Å². The SMILES string of the molecule is C#Cc1cccc(C#C)[c]1[Ge]([CH2][Ge]([c]1c(C#C)cccc1C#C)[c]1c(C#C)cccc1C#C)[c]1c(C#C)cccc1C#C. The van der Waals surface area contributed by atoms with Crippen molar-refractivity contribution in [1.82, 2.24) is 0 Å². The van der Waals surface area contributed by atoms with Crippen molar-refractivity contribution in [2.75, 3.05) is 0 Å². The molecule has 0 saturated heterocycles. The van der Waals surface area contributed by atoms with Crippen molar-refractivity contribution >= 4 is 46.3 Å². The molecule has 0 spiro atoms. The van der Waals surface area contributed by atoms with Crippen LogP contribution in [-0.2, 0) is 0 Å². The van der Waals surface area contributed by atoms with Gasteiger partial charge in [-0.1, -0.05) is 0 Å². The Labute approximate surface area is 265 Å². The molecular formula is C41H22Ge2. The topological polar surface area (TPSA) is 0 Å². The number of hydrogen-bond donors (Lipinski definition) is 0. The van der Waals surface area contributed by atoms with Crippen LogP contribution >= 0.6 is 0 Å². The van der Waals surface area contributed by atoms with Crippen molar-refractivity contribution in [3.05, 3.63) is 117 Å². The van der Waals surface area contributed by atoms with Crippen LogP contribution in [0.1, 0.15) is 44.5 Å². The normalized spacial score (nSPS) is 9.72. The monoisotopic (exact) mass is 662 g/mol. The van der Waals surface area contributed by atoms with E-state index in [1.165, 1.54) is 0 Å². The van der Waals surface area contributed by atoms with Crippen LogP contribution in [0.15, 0.2) is 72.8 Å². The predicted molar refractivity (Wildman–Crippen MR) is 184 cm³/mol. The van der Waals surface area contributed by atoms with E-state index in [1.807, 2.05) is 72.8 Å². The molecule has 0 aliphatic carbocycles. The fraction of sp³-hybridized carbons (Fsp3) is 0.0244. The first-order chi connectivity index (χ1) is 21.0. The van der Waals surface area contributed by atoms with Crippen LogP contribution in [0.5, 0.6) is 0 Å². The maximum absolute atomic E-state index is 6.10. The molecule has 4 aromatic rings. The summed E-state index contributed by atoms with van der Waals surface area (Å²) in [7, 11) is 0. The van der Waals surface area contributed by atoms with Crippen LogP contribution < -0.4 is 17.6 Å². The predicted octanol–water partition coefficient (Wildman–Crippen LogP) is 2.99. The molecule has 0 N–H and O–H groups in total. The van der Waals surface area contributed by atoms with Gasteiger partial charge in [-0.25, -0.2) is 0 Å². The van der Waals surface area contributed by atoms with E-state index in [2.05, 4.69) is 47.4 Å². The number of benzene rings is 4. The molecule has 0 fully saturated rings. The second-order valence-corrected chi connectivity index (χ2v) is 22.0. The molecule has 4 rings (SSSR count). The molecule has 0 unspecified atom stereocenters. The van der Waals surface area contributed by atoms with Crippen molar-refractivity contribution < 1.29 is 0 Å². The fourth-order valence-corrected chi connectivity index (χ4v) is 28.2. The summed E-state index contributed by atoms with van der Waals surface area (Å²) in [6.07, 6.45) is 48.8. The zero-order chi connectivity index (χ0) is 30.9. The van der Waals surface area contributed by atoms with Crippen molar-refractivity contribution in [3.63, 3.8) is 0 Å². The maximum atomic E-state index is 6.10. The molecule has 0 aliphatic rings. The Morgan fingerprint density at radius 3 is 0.628 bits per heavy atom. The van der Waals surface area contributed by atoms with Crippen LogP contribution in [0, 0.1) is 98.8 Å². The van der Waals surface area contributed by atoms with Crippen LogP contribution in [0.4, 0.5) is 0 Å². The summed E-state index contributed by atoms with van der Waals surface area (Å²) < 4.78 is 4.44. The Balaban J connectivity index is 2.23. The summed E-state index contributed by atoms with van der Waals surface area (Å²) in [6, 6.07) is 22.7. The Morgan fingerprint density at radius 1 is 0.326 bits per heavy atom. The number of hydrogen-bond acceptors (Lipinski definition) is 0. The quantitative estimate of drug-likeness (QED) is 0.221. The van der Waals surface area contributed by atoms with E-state index >= 15 is 0 Å². The third-order valence-electron chi connectivity index (χ3n) is 7.06. The summed E-state index contributed by atoms with van der Waals surface area (Å²) in [5, 5.41) is 0. The van der Waals surface area contributed by atoms with Gasteiger partial charge in [-0.05, 0) is 0 Å². The standard InChI is InChI=1S/C41H22Ge2/c1-9-30-21-17-22-31(10-2)38(30)42(39-32(11-3)23-18-24-33(39)12-4)29-43(40-34(13-5)25-19-26-35(40)14-6)41-36(15-7)27-20-28-37(41)16-8/h1-8,17-28H,29H2. The Hall–Kier alpha value is -5.55. The second kappa shape index (κ2) is 13.9. The van der Waals surface area contributed by atoms with Crippen LogP contribution in [0.25, 0.3) is 0 Å². The molecule has 0 aliphatic heterocycles. The number of rotatable bonds is 6. The Kier molecular flexibility index (Phi) is 9.81. The zero-order valence-corrected chi connectivity index (χ0v) is 27.5. The molecule has 4 aromatic carbocycles. The minimum atomic E-state index is -2.88. The molecular weight excluding hydrogens is 638 g/mol. The van der Waals surface area contributed by atoms with E-state index in [0.29, 0.717) is 48.6 Å². The van der Waals surface area contributed by atoms with Gasteiger partial charge in [0.25, 0.3) is 0 Å². The van der Waals surface area contributed by atoms with Crippen LogP contribution in [-0.4, -0.2) is 28.7 Å². The van der Waals surface area contributed by atoms with Gasteiger partial charge in [-0.15, -0.1) is 0 Å². The summed E-state index contributed by atoms with van der Waals surface area (Å²) in [6.45, 7) is 0. The molecule has 43 heavy (non-hydrogen) atoms. The molecule has 0 nitrogen and oxygen atoms in total. The first-order valence-electron chi connectivity index (χ1n) is 13.0. The average Bonchev–Trinajstić information content (AvgIpc) is 3.07. The van der Waals surface area contributed by atoms with Crippen molar-refractivity contribution in [2.45, 2.75) is 4.09 Å². The third-order valence-corrected chi connectivity index (χ3v) is 25.8. The molecule has 0 aromatic heterocycles. The van der Waals surface area contributed by atoms with E-state index in [1.54, 1.807) is 0 Å². The van der Waals surface area contributed by atoms with Crippen LogP contribution in [0.2, 0.25) is 4.09 Å². The first kappa shape index (κ1) is 30.4. The molecule has 0 atom stereocenters. The van der Waals surface area contributed by atoms with Gasteiger partial charge in [0, 0.05) is 0 Å². The molecule has 2 radical (unpaired) electrons. The van der Waals surface area contributed by atoms with Crippen molar-refractivity contribution in [1.29, 1.82) is 0 Å². The van der Waals surface area contributed by atoms with Gasteiger partial charge in [-0.3, -0.25) is 0 Å². The third kappa shape index (κ3) is 5.79. The molecule has 0 heterocycles. The molecule has 0 amide bonds. The minimum absolute atomic E-state index is 0.668. The summed E-state index contributed by atoms with van der Waals surface area (Å²) in [5.74, 6) is 23.0. The number of terminal acetylenes is 8. The summed E-state index contributed by atoms with van der Waals surface area (Å²) >= 11 is -5.76. The molecule has 194 valence electrons. The second-order valence-electron chi connectivity index (χ2n) is 9.20. The zero-order valence-electron chi connectivity index (χ0n) is 23.3. The van der Waals surface area contributed by atoms with E-state index in [0.717, 1.165) is 17.6 Å². The van der Waals surface area contributed by atoms with Gasteiger partial charge >= 0.3 is 266 Å². The molecule has 0 bridgehead atoms. The van der Waals surface area contributed by atoms with Gasteiger partial charge in [0.2, 0.25) is 0 Å². The molecule has 2 heteroatoms. The Morgan fingerprint density at radius 2 is 0.488 bits per heavy atom. The van der Waals surface area contributed by atoms with Gasteiger partial charge in [0.15, 0.2) is 0 Å². The van der Waals surface area contributed by atoms with E-state index < -0.39 is 28.7 Å². The summed E-state index contributed by atoms with van der Waals surface area (Å²) in [4.78, 5) is 0. The van der Waals surface area contributed by atoms with Gasteiger partial charge < -0.3 is 0 Å². The fourth-order valence-electron chi connectivity index (χ4n) is 5.25. The van der Waals surface area contributed by atoms with E-state index in [9.17, 15) is 0 Å². The van der Waals surface area contributed by atoms with E-state index in [-0.39, 0.29) is 0 Å². The summed E-state index contributed by atoms with van der Waals surface area (Å²) in [5.41, 5.74) is 5.69. The first-order valence-corrected chi connectivity index (χ1v) is 20.2. The van der Waals surface area contributed by atoms with Crippen molar-refractivity contribution in [3.8, 4) is 98.8 Å². The van der Waals surface area contributed by atoms with Gasteiger partial charge in [0.1, 0.15) is 0 Å². The molecule has 0 saturated carbocycles. The van der Waals surface area contributed by atoms with E-state index in [4.69, 9.17) is 51.4 Å².